The van der Waals surface area contributed by atoms with Crippen molar-refractivity contribution in [2.45, 2.75) is 26.3 Å². The number of rotatable bonds is 3. The van der Waals surface area contributed by atoms with Crippen LogP contribution in [0.15, 0.2) is 24.4 Å². The monoisotopic (exact) mass is 279 g/mol. The van der Waals surface area contributed by atoms with Gasteiger partial charge in [0.2, 0.25) is 0 Å². The number of aromatic nitrogens is 1. The molecule has 0 bridgehead atoms. The molecule has 3 amide bonds. The van der Waals surface area contributed by atoms with Gasteiger partial charge in [0.1, 0.15) is 5.69 Å². The topological polar surface area (TPSA) is 97.4 Å². The van der Waals surface area contributed by atoms with Crippen LogP contribution in [0.2, 0.25) is 0 Å². The third-order valence-corrected chi connectivity index (χ3v) is 1.95. The molecule has 0 aromatic carbocycles. The molecule has 108 valence electrons. The van der Waals surface area contributed by atoms with Gasteiger partial charge in [0.15, 0.2) is 6.61 Å². The van der Waals surface area contributed by atoms with Gasteiger partial charge in [0.05, 0.1) is 0 Å². The number of esters is 1. The second-order valence-electron chi connectivity index (χ2n) is 5.04. The van der Waals surface area contributed by atoms with E-state index in [1.165, 1.54) is 12.3 Å². The Morgan fingerprint density at radius 2 is 1.95 bits per heavy atom. The zero-order valence-electron chi connectivity index (χ0n) is 11.6. The lowest BCUT2D eigenvalue weighted by atomic mass is 10.1. The van der Waals surface area contributed by atoms with Crippen LogP contribution in [0.25, 0.3) is 0 Å². The highest BCUT2D eigenvalue weighted by Gasteiger charge is 2.17. The number of nitrogens with one attached hydrogen (secondary N) is 2. The van der Waals surface area contributed by atoms with Gasteiger partial charge in [-0.3, -0.25) is 10.1 Å². The maximum absolute atomic E-state index is 11.5. The van der Waals surface area contributed by atoms with Crippen molar-refractivity contribution in [1.82, 2.24) is 15.6 Å². The predicted molar refractivity (Wildman–Crippen MR) is 70.9 cm³/mol. The molecule has 0 saturated carbocycles. The summed E-state index contributed by atoms with van der Waals surface area (Å²) in [6.45, 7) is 4.78. The van der Waals surface area contributed by atoms with E-state index in [1.54, 1.807) is 32.9 Å². The van der Waals surface area contributed by atoms with E-state index in [0.717, 1.165) is 0 Å². The smallest absolute Gasteiger partial charge is 0.357 e. The molecular weight excluding hydrogens is 262 g/mol. The number of amides is 3. The summed E-state index contributed by atoms with van der Waals surface area (Å²) in [7, 11) is 0. The quantitative estimate of drug-likeness (QED) is 0.800. The minimum Gasteiger partial charge on any atom is -0.451 e. The summed E-state index contributed by atoms with van der Waals surface area (Å²) < 4.78 is 4.73. The second-order valence-corrected chi connectivity index (χ2v) is 5.04. The van der Waals surface area contributed by atoms with Crippen molar-refractivity contribution in [2.24, 2.45) is 0 Å². The van der Waals surface area contributed by atoms with E-state index < -0.39 is 30.1 Å². The van der Waals surface area contributed by atoms with Gasteiger partial charge < -0.3 is 10.1 Å². The number of ether oxygens (including phenoxy) is 1. The fourth-order valence-electron chi connectivity index (χ4n) is 1.22. The number of carbonyl (C=O) groups is 3. The fraction of sp³-hybridized carbons (Fsp3) is 0.385. The molecule has 0 aliphatic heterocycles. The van der Waals surface area contributed by atoms with E-state index in [2.05, 4.69) is 15.6 Å². The molecule has 0 aliphatic carbocycles. The van der Waals surface area contributed by atoms with E-state index in [9.17, 15) is 14.4 Å². The van der Waals surface area contributed by atoms with Crippen molar-refractivity contribution in [3.63, 3.8) is 0 Å². The van der Waals surface area contributed by atoms with Crippen LogP contribution < -0.4 is 10.6 Å². The molecule has 0 radical (unpaired) electrons. The molecule has 0 saturated heterocycles. The number of hydrogen-bond acceptors (Lipinski definition) is 5. The lowest BCUT2D eigenvalue weighted by Crippen LogP contribution is -2.49. The number of pyridine rings is 1. The van der Waals surface area contributed by atoms with Crippen LogP contribution in [0.1, 0.15) is 31.3 Å². The molecule has 1 aromatic heterocycles. The standard InChI is InChI=1S/C13H17N3O4/c1-13(2,3)16-12(19)15-10(17)8-20-11(18)9-6-4-5-7-14-9/h4-7H,8H2,1-3H3,(H2,15,16,17,19). The van der Waals surface area contributed by atoms with Gasteiger partial charge in [-0.15, -0.1) is 0 Å². The van der Waals surface area contributed by atoms with Gasteiger partial charge in [-0.25, -0.2) is 14.6 Å². The molecule has 2 N–H and O–H groups in total. The first-order valence-electron chi connectivity index (χ1n) is 5.98. The first kappa shape index (κ1) is 15.6. The summed E-state index contributed by atoms with van der Waals surface area (Å²) in [6, 6.07) is 4.10. The number of carbonyl (C=O) groups excluding carboxylic acids is 3. The van der Waals surface area contributed by atoms with Gasteiger partial charge in [-0.05, 0) is 32.9 Å². The highest BCUT2D eigenvalue weighted by Crippen LogP contribution is 1.98. The Hall–Kier alpha value is -2.44. The third-order valence-electron chi connectivity index (χ3n) is 1.95. The molecule has 7 heteroatoms. The van der Waals surface area contributed by atoms with Crippen molar-refractivity contribution in [1.29, 1.82) is 0 Å². The molecule has 0 fully saturated rings. The predicted octanol–water partition coefficient (Wildman–Crippen LogP) is 0.863. The molecule has 1 aromatic rings. The summed E-state index contributed by atoms with van der Waals surface area (Å²) in [5.41, 5.74) is -0.367. The van der Waals surface area contributed by atoms with Crippen LogP contribution in [0, 0.1) is 0 Å². The number of hydrogen-bond donors (Lipinski definition) is 2. The van der Waals surface area contributed by atoms with E-state index in [-0.39, 0.29) is 5.69 Å². The van der Waals surface area contributed by atoms with Crippen molar-refractivity contribution < 1.29 is 19.1 Å². The number of urea groups is 1. The van der Waals surface area contributed by atoms with Gasteiger partial charge in [0, 0.05) is 11.7 Å². The van der Waals surface area contributed by atoms with Crippen molar-refractivity contribution >= 4 is 17.9 Å². The summed E-state index contributed by atoms with van der Waals surface area (Å²) in [5, 5.41) is 4.60. The van der Waals surface area contributed by atoms with E-state index in [1.807, 2.05) is 0 Å². The Bertz CT molecular complexity index is 494. The highest BCUT2D eigenvalue weighted by atomic mass is 16.5. The maximum atomic E-state index is 11.5. The Labute approximate surface area is 116 Å². The summed E-state index contributed by atoms with van der Waals surface area (Å²) >= 11 is 0. The van der Waals surface area contributed by atoms with Crippen LogP contribution in [-0.4, -0.2) is 35.0 Å². The minimum absolute atomic E-state index is 0.0967. The van der Waals surface area contributed by atoms with Crippen LogP contribution in [-0.2, 0) is 9.53 Å². The molecule has 0 unspecified atom stereocenters. The fourth-order valence-corrected chi connectivity index (χ4v) is 1.22. The number of imide groups is 1. The first-order valence-corrected chi connectivity index (χ1v) is 5.98. The summed E-state index contributed by atoms with van der Waals surface area (Å²) in [5.74, 6) is -1.44. The molecule has 20 heavy (non-hydrogen) atoms. The first-order chi connectivity index (χ1) is 9.28. The average Bonchev–Trinajstić information content (AvgIpc) is 2.34. The van der Waals surface area contributed by atoms with Crippen LogP contribution in [0.5, 0.6) is 0 Å². The molecule has 1 heterocycles. The van der Waals surface area contributed by atoms with Crippen molar-refractivity contribution in [2.75, 3.05) is 6.61 Å². The average molecular weight is 279 g/mol. The van der Waals surface area contributed by atoms with Crippen molar-refractivity contribution in [3.05, 3.63) is 30.1 Å². The largest absolute Gasteiger partial charge is 0.451 e. The molecule has 0 spiro atoms. The van der Waals surface area contributed by atoms with Crippen LogP contribution in [0.3, 0.4) is 0 Å². The summed E-state index contributed by atoms with van der Waals surface area (Å²) in [4.78, 5) is 38.1. The van der Waals surface area contributed by atoms with Gasteiger partial charge in [0.25, 0.3) is 5.91 Å². The Morgan fingerprint density at radius 1 is 1.25 bits per heavy atom. The highest BCUT2D eigenvalue weighted by molar-refractivity contribution is 5.96. The SMILES string of the molecule is CC(C)(C)NC(=O)NC(=O)COC(=O)c1ccccn1. The zero-order chi connectivity index (χ0) is 15.2. The Morgan fingerprint density at radius 3 is 2.50 bits per heavy atom. The van der Waals surface area contributed by atoms with E-state index in [0.29, 0.717) is 0 Å². The molecular formula is C13H17N3O4. The molecule has 1 rings (SSSR count). The third kappa shape index (κ3) is 5.94. The Kier molecular flexibility index (Phi) is 5.19. The normalized spacial score (nSPS) is 10.6. The minimum atomic E-state index is -0.725. The lowest BCUT2D eigenvalue weighted by Gasteiger charge is -2.20. The van der Waals surface area contributed by atoms with E-state index in [4.69, 9.17) is 4.74 Å². The molecule has 0 aliphatic rings. The van der Waals surface area contributed by atoms with Crippen molar-refractivity contribution in [3.8, 4) is 0 Å². The lowest BCUT2D eigenvalue weighted by molar-refractivity contribution is -0.123. The van der Waals surface area contributed by atoms with Gasteiger partial charge in [-0.2, -0.15) is 0 Å². The Balaban J connectivity index is 2.37. The number of nitrogens with zero attached hydrogens (tertiary/aromatic N) is 1. The van der Waals surface area contributed by atoms with Crippen LogP contribution >= 0.6 is 0 Å². The van der Waals surface area contributed by atoms with E-state index >= 15 is 0 Å². The maximum Gasteiger partial charge on any atom is 0.357 e. The van der Waals surface area contributed by atoms with Crippen LogP contribution in [0.4, 0.5) is 4.79 Å². The van der Waals surface area contributed by atoms with Gasteiger partial charge >= 0.3 is 12.0 Å². The zero-order valence-corrected chi connectivity index (χ0v) is 11.6. The summed E-state index contributed by atoms with van der Waals surface area (Å²) in [6.07, 6.45) is 1.44. The molecule has 7 nitrogen and oxygen atoms in total. The van der Waals surface area contributed by atoms with Gasteiger partial charge in [-0.1, -0.05) is 6.07 Å². The second kappa shape index (κ2) is 6.65. The molecule has 0 atom stereocenters.